The van der Waals surface area contributed by atoms with Crippen molar-refractivity contribution in [2.45, 2.75) is 59.3 Å². The maximum atomic E-state index is 13.6. The van der Waals surface area contributed by atoms with Gasteiger partial charge in [-0.25, -0.2) is 9.97 Å². The zero-order chi connectivity index (χ0) is 23.1. The highest BCUT2D eigenvalue weighted by Crippen LogP contribution is 2.34. The van der Waals surface area contributed by atoms with Gasteiger partial charge < -0.3 is 14.8 Å². The molecule has 0 bridgehead atoms. The van der Waals surface area contributed by atoms with E-state index in [0.717, 1.165) is 54.4 Å². The Morgan fingerprint density at radius 3 is 2.76 bits per heavy atom. The SMILES string of the molecule is CCn1c(C)nnc1-c1cccc(N2Cc3c(cc(N4CCC[C@H]4C)nc3CNC)C2=O)n1. The van der Waals surface area contributed by atoms with E-state index in [1.807, 2.05) is 42.8 Å². The highest BCUT2D eigenvalue weighted by atomic mass is 16.2. The Hall–Kier alpha value is -3.33. The van der Waals surface area contributed by atoms with E-state index in [2.05, 4.69) is 34.3 Å². The molecule has 1 N–H and O–H groups in total. The van der Waals surface area contributed by atoms with E-state index in [1.54, 1.807) is 4.90 Å². The van der Waals surface area contributed by atoms with E-state index < -0.39 is 0 Å². The van der Waals surface area contributed by atoms with Gasteiger partial charge in [-0.2, -0.15) is 0 Å². The molecule has 1 saturated heterocycles. The van der Waals surface area contributed by atoms with Gasteiger partial charge in [0, 0.05) is 31.2 Å². The first-order valence-corrected chi connectivity index (χ1v) is 11.6. The summed E-state index contributed by atoms with van der Waals surface area (Å²) in [6.07, 6.45) is 2.30. The van der Waals surface area contributed by atoms with Crippen LogP contribution in [0.25, 0.3) is 11.5 Å². The number of nitrogens with zero attached hydrogens (tertiary/aromatic N) is 7. The molecule has 9 heteroatoms. The first kappa shape index (κ1) is 21.5. The molecule has 3 aromatic heterocycles. The normalized spacial score (nSPS) is 17.8. The minimum atomic E-state index is -0.0318. The zero-order valence-electron chi connectivity index (χ0n) is 19.7. The van der Waals surface area contributed by atoms with Crippen LogP contribution in [-0.2, 0) is 19.6 Å². The molecule has 0 unspecified atom stereocenters. The molecule has 1 atom stereocenters. The number of fused-ring (bicyclic) bond motifs is 1. The van der Waals surface area contributed by atoms with E-state index >= 15 is 0 Å². The third kappa shape index (κ3) is 3.66. The predicted octanol–water partition coefficient (Wildman–Crippen LogP) is 2.93. The smallest absolute Gasteiger partial charge is 0.260 e. The van der Waals surface area contributed by atoms with Crippen molar-refractivity contribution in [1.29, 1.82) is 0 Å². The summed E-state index contributed by atoms with van der Waals surface area (Å²) in [7, 11) is 1.91. The second kappa shape index (κ2) is 8.55. The molecule has 9 nitrogen and oxygen atoms in total. The maximum Gasteiger partial charge on any atom is 0.260 e. The molecule has 0 saturated carbocycles. The van der Waals surface area contributed by atoms with Gasteiger partial charge in [0.2, 0.25) is 0 Å². The number of anilines is 2. The van der Waals surface area contributed by atoms with Crippen LogP contribution in [0.1, 0.15) is 54.1 Å². The van der Waals surface area contributed by atoms with Crippen molar-refractivity contribution >= 4 is 17.5 Å². The summed E-state index contributed by atoms with van der Waals surface area (Å²) in [4.78, 5) is 27.4. The molecule has 2 aliphatic heterocycles. The van der Waals surface area contributed by atoms with Gasteiger partial charge in [-0.05, 0) is 58.9 Å². The lowest BCUT2D eigenvalue weighted by atomic mass is 10.1. The summed E-state index contributed by atoms with van der Waals surface area (Å²) < 4.78 is 2.02. The Morgan fingerprint density at radius 2 is 2.03 bits per heavy atom. The molecule has 33 heavy (non-hydrogen) atoms. The highest BCUT2D eigenvalue weighted by Gasteiger charge is 2.34. The van der Waals surface area contributed by atoms with Crippen molar-refractivity contribution in [2.75, 3.05) is 23.4 Å². The van der Waals surface area contributed by atoms with Gasteiger partial charge in [0.05, 0.1) is 17.8 Å². The van der Waals surface area contributed by atoms with Crippen LogP contribution in [-0.4, -0.2) is 50.3 Å². The van der Waals surface area contributed by atoms with Crippen LogP contribution in [0.4, 0.5) is 11.6 Å². The molecule has 5 heterocycles. The number of rotatable bonds is 6. The average molecular weight is 447 g/mol. The van der Waals surface area contributed by atoms with E-state index in [-0.39, 0.29) is 5.91 Å². The molecular weight excluding hydrogens is 416 g/mol. The van der Waals surface area contributed by atoms with Gasteiger partial charge in [0.15, 0.2) is 5.82 Å². The number of amides is 1. The molecule has 1 amide bonds. The lowest BCUT2D eigenvalue weighted by molar-refractivity contribution is 0.0996. The standard InChI is InChI=1S/C24H30N8O/c1-5-30-16(3)28-29-23(30)19-9-6-10-21(26-19)32-14-18-17(24(32)33)12-22(27-20(18)13-25-4)31-11-7-8-15(31)2/h6,9-10,12,15,25H,5,7-8,11,13-14H2,1-4H3/t15-/m1/s1. The van der Waals surface area contributed by atoms with E-state index in [9.17, 15) is 4.79 Å². The lowest BCUT2D eigenvalue weighted by Crippen LogP contribution is -2.28. The Balaban J connectivity index is 1.52. The van der Waals surface area contributed by atoms with E-state index in [4.69, 9.17) is 9.97 Å². The average Bonchev–Trinajstić information content (AvgIpc) is 3.51. The first-order chi connectivity index (χ1) is 16.0. The van der Waals surface area contributed by atoms with Gasteiger partial charge in [0.1, 0.15) is 23.2 Å². The van der Waals surface area contributed by atoms with Gasteiger partial charge in [-0.3, -0.25) is 9.69 Å². The Labute approximate surface area is 193 Å². The molecule has 1 fully saturated rings. The monoisotopic (exact) mass is 446 g/mol. The third-order valence-electron chi connectivity index (χ3n) is 6.67. The van der Waals surface area contributed by atoms with Crippen molar-refractivity contribution in [3.8, 4) is 11.5 Å². The number of aryl methyl sites for hydroxylation is 1. The first-order valence-electron chi connectivity index (χ1n) is 11.6. The molecule has 0 aliphatic carbocycles. The quantitative estimate of drug-likeness (QED) is 0.622. The van der Waals surface area contributed by atoms with Crippen molar-refractivity contribution in [3.63, 3.8) is 0 Å². The minimum Gasteiger partial charge on any atom is -0.354 e. The van der Waals surface area contributed by atoms with Gasteiger partial charge >= 0.3 is 0 Å². The summed E-state index contributed by atoms with van der Waals surface area (Å²) in [5.74, 6) is 3.03. The van der Waals surface area contributed by atoms with Crippen molar-refractivity contribution < 1.29 is 4.79 Å². The topological polar surface area (TPSA) is 92.1 Å². The van der Waals surface area contributed by atoms with Crippen molar-refractivity contribution in [3.05, 3.63) is 46.9 Å². The third-order valence-corrected chi connectivity index (χ3v) is 6.67. The fourth-order valence-electron chi connectivity index (χ4n) is 4.92. The summed E-state index contributed by atoms with van der Waals surface area (Å²) in [5.41, 5.74) is 3.34. The predicted molar refractivity (Wildman–Crippen MR) is 127 cm³/mol. The Kier molecular flexibility index (Phi) is 5.57. The van der Waals surface area contributed by atoms with Crippen LogP contribution >= 0.6 is 0 Å². The molecular formula is C24H30N8O. The molecule has 0 radical (unpaired) electrons. The number of hydrogen-bond acceptors (Lipinski definition) is 7. The van der Waals surface area contributed by atoms with Crippen LogP contribution < -0.4 is 15.1 Å². The highest BCUT2D eigenvalue weighted by molar-refractivity contribution is 6.10. The number of nitrogens with one attached hydrogen (secondary N) is 1. The molecule has 172 valence electrons. The van der Waals surface area contributed by atoms with Crippen LogP contribution in [0.5, 0.6) is 0 Å². The summed E-state index contributed by atoms with van der Waals surface area (Å²) in [6, 6.07) is 8.11. The van der Waals surface area contributed by atoms with E-state index in [0.29, 0.717) is 36.5 Å². The number of hydrogen-bond donors (Lipinski definition) is 1. The fraction of sp³-hybridized carbons (Fsp3) is 0.458. The van der Waals surface area contributed by atoms with Crippen LogP contribution in [0.15, 0.2) is 24.3 Å². The van der Waals surface area contributed by atoms with Gasteiger partial charge in [-0.15, -0.1) is 10.2 Å². The molecule has 0 aromatic carbocycles. The zero-order valence-corrected chi connectivity index (χ0v) is 19.7. The maximum absolute atomic E-state index is 13.6. The van der Waals surface area contributed by atoms with Crippen LogP contribution in [0.2, 0.25) is 0 Å². The second-order valence-corrected chi connectivity index (χ2v) is 8.76. The molecule has 0 spiro atoms. The van der Waals surface area contributed by atoms with Crippen LogP contribution in [0.3, 0.4) is 0 Å². The van der Waals surface area contributed by atoms with E-state index in [1.165, 1.54) is 0 Å². The van der Waals surface area contributed by atoms with Gasteiger partial charge in [0.25, 0.3) is 5.91 Å². The second-order valence-electron chi connectivity index (χ2n) is 8.76. The largest absolute Gasteiger partial charge is 0.354 e. The van der Waals surface area contributed by atoms with Crippen molar-refractivity contribution in [2.24, 2.45) is 0 Å². The summed E-state index contributed by atoms with van der Waals surface area (Å²) in [6.45, 7) is 9.02. The minimum absolute atomic E-state index is 0.0318. The molecule has 2 aliphatic rings. The summed E-state index contributed by atoms with van der Waals surface area (Å²) in [5, 5.41) is 11.7. The number of carbonyl (C=O) groups is 1. The van der Waals surface area contributed by atoms with Crippen LogP contribution in [0, 0.1) is 6.92 Å². The number of aromatic nitrogens is 5. The number of pyridine rings is 2. The fourth-order valence-corrected chi connectivity index (χ4v) is 4.92. The Morgan fingerprint density at radius 1 is 1.18 bits per heavy atom. The molecule has 3 aromatic rings. The lowest BCUT2D eigenvalue weighted by Gasteiger charge is -2.24. The molecule has 5 rings (SSSR count). The van der Waals surface area contributed by atoms with Crippen molar-refractivity contribution in [1.82, 2.24) is 30.0 Å². The summed E-state index contributed by atoms with van der Waals surface area (Å²) >= 11 is 0. The van der Waals surface area contributed by atoms with Gasteiger partial charge in [-0.1, -0.05) is 6.07 Å². The Bertz CT molecular complexity index is 1200. The number of carbonyl (C=O) groups excluding carboxylic acids is 1.